The Hall–Kier alpha value is -9.32. The number of nitrogens with zero attached hydrogens (tertiary/aromatic N) is 4. The Labute approximate surface area is 396 Å². The van der Waals surface area contributed by atoms with Gasteiger partial charge in [0.25, 0.3) is 0 Å². The van der Waals surface area contributed by atoms with Crippen molar-refractivity contribution >= 4 is 75.9 Å². The van der Waals surface area contributed by atoms with Crippen LogP contribution in [0.5, 0.6) is 0 Å². The summed E-state index contributed by atoms with van der Waals surface area (Å²) in [5.41, 5.74) is 11.6. The van der Waals surface area contributed by atoms with Gasteiger partial charge in [-0.25, -0.2) is 19.9 Å². The van der Waals surface area contributed by atoms with Crippen molar-refractivity contribution in [3.05, 3.63) is 231 Å². The van der Waals surface area contributed by atoms with E-state index in [4.69, 9.17) is 24.4 Å². The molecule has 0 N–H and O–H groups in total. The molecule has 14 rings (SSSR count). The number of fused-ring (bicyclic) bond motifs is 12. The number of hydrogen-bond acceptors (Lipinski definition) is 5. The molecule has 11 aromatic carbocycles. The highest BCUT2D eigenvalue weighted by Crippen LogP contribution is 2.48. The summed E-state index contributed by atoms with van der Waals surface area (Å²) < 4.78 is 6.82. The maximum absolute atomic E-state index is 6.82. The third-order valence-electron chi connectivity index (χ3n) is 13.7. The molecule has 5 nitrogen and oxygen atoms in total. The van der Waals surface area contributed by atoms with E-state index in [9.17, 15) is 0 Å². The maximum Gasteiger partial charge on any atom is 0.164 e. The SMILES string of the molecule is c1ccc(-c2ccc(-c3nc(-c4ccccc4)nc(-c4cccc(-c5nc6ccccc6c6c(-c7ccc8c9ccccc9c9ccccc9c8c7)c7c(cc56)oc5ccccc57)c4)n3)cc2)cc1. The van der Waals surface area contributed by atoms with Gasteiger partial charge in [0.2, 0.25) is 0 Å². The van der Waals surface area contributed by atoms with Gasteiger partial charge >= 0.3 is 0 Å². The minimum atomic E-state index is 0.578. The van der Waals surface area contributed by atoms with Crippen LogP contribution in [0.1, 0.15) is 0 Å². The lowest BCUT2D eigenvalue weighted by molar-refractivity contribution is 0.669. The van der Waals surface area contributed by atoms with Crippen molar-refractivity contribution in [2.24, 2.45) is 0 Å². The molecule has 14 aromatic rings. The maximum atomic E-state index is 6.82. The molecule has 0 aliphatic rings. The highest BCUT2D eigenvalue weighted by atomic mass is 16.3. The molecule has 0 unspecified atom stereocenters. The van der Waals surface area contributed by atoms with E-state index in [2.05, 4.69) is 188 Å². The van der Waals surface area contributed by atoms with E-state index < -0.39 is 0 Å². The fourth-order valence-electron chi connectivity index (χ4n) is 10.5. The fraction of sp³-hybridized carbons (Fsp3) is 0. The van der Waals surface area contributed by atoms with E-state index in [1.165, 1.54) is 32.3 Å². The van der Waals surface area contributed by atoms with Crippen molar-refractivity contribution in [3.63, 3.8) is 0 Å². The Balaban J connectivity index is 1.01. The van der Waals surface area contributed by atoms with Crippen LogP contribution < -0.4 is 0 Å². The predicted octanol–water partition coefficient (Wildman–Crippen LogP) is 16.9. The molecule has 5 heteroatoms. The van der Waals surface area contributed by atoms with Gasteiger partial charge < -0.3 is 4.42 Å². The number of aromatic nitrogens is 4. The van der Waals surface area contributed by atoms with Gasteiger partial charge in [-0.2, -0.15) is 0 Å². The van der Waals surface area contributed by atoms with Gasteiger partial charge in [0.05, 0.1) is 11.2 Å². The summed E-state index contributed by atoms with van der Waals surface area (Å²) >= 11 is 0. The van der Waals surface area contributed by atoms with Crippen molar-refractivity contribution in [1.29, 1.82) is 0 Å². The first kappa shape index (κ1) is 38.9. The van der Waals surface area contributed by atoms with Crippen molar-refractivity contribution < 1.29 is 4.42 Å². The Morgan fingerprint density at radius 2 is 0.725 bits per heavy atom. The first-order valence-corrected chi connectivity index (χ1v) is 23.3. The third kappa shape index (κ3) is 6.40. The summed E-state index contributed by atoms with van der Waals surface area (Å²) in [7, 11) is 0. The van der Waals surface area contributed by atoms with E-state index in [1.54, 1.807) is 0 Å². The molecule has 69 heavy (non-hydrogen) atoms. The average Bonchev–Trinajstić information content (AvgIpc) is 3.81. The molecule has 0 aliphatic carbocycles. The van der Waals surface area contributed by atoms with Crippen LogP contribution in [-0.2, 0) is 0 Å². The molecule has 320 valence electrons. The highest BCUT2D eigenvalue weighted by molar-refractivity contribution is 6.30. The lowest BCUT2D eigenvalue weighted by atomic mass is 9.87. The fourth-order valence-corrected chi connectivity index (χ4v) is 10.5. The Morgan fingerprint density at radius 1 is 0.246 bits per heavy atom. The summed E-state index contributed by atoms with van der Waals surface area (Å²) in [4.78, 5) is 20.9. The van der Waals surface area contributed by atoms with Gasteiger partial charge in [0.1, 0.15) is 11.2 Å². The molecular weight excluding hydrogens is 841 g/mol. The molecule has 0 fully saturated rings. The molecular formula is C64H38N4O. The van der Waals surface area contributed by atoms with Crippen LogP contribution in [0.2, 0.25) is 0 Å². The largest absolute Gasteiger partial charge is 0.456 e. The van der Waals surface area contributed by atoms with Crippen LogP contribution in [0, 0.1) is 0 Å². The van der Waals surface area contributed by atoms with E-state index >= 15 is 0 Å². The predicted molar refractivity (Wildman–Crippen MR) is 285 cm³/mol. The van der Waals surface area contributed by atoms with Crippen LogP contribution in [-0.4, -0.2) is 19.9 Å². The zero-order chi connectivity index (χ0) is 45.4. The average molecular weight is 879 g/mol. The lowest BCUT2D eigenvalue weighted by Gasteiger charge is -2.17. The number of furan rings is 1. The number of hydrogen-bond donors (Lipinski definition) is 0. The monoisotopic (exact) mass is 878 g/mol. The zero-order valence-corrected chi connectivity index (χ0v) is 37.1. The minimum absolute atomic E-state index is 0.578. The normalized spacial score (nSPS) is 11.8. The van der Waals surface area contributed by atoms with Gasteiger partial charge in [-0.3, -0.25) is 0 Å². The van der Waals surface area contributed by atoms with Gasteiger partial charge in [-0.05, 0) is 79.3 Å². The van der Waals surface area contributed by atoms with Gasteiger partial charge in [-0.15, -0.1) is 0 Å². The molecule has 3 aromatic heterocycles. The molecule has 0 bridgehead atoms. The van der Waals surface area contributed by atoms with Crippen molar-refractivity contribution in [1.82, 2.24) is 19.9 Å². The first-order chi connectivity index (χ1) is 34.2. The third-order valence-corrected chi connectivity index (χ3v) is 13.7. The molecule has 0 aliphatic heterocycles. The Morgan fingerprint density at radius 3 is 1.42 bits per heavy atom. The van der Waals surface area contributed by atoms with Crippen molar-refractivity contribution in [3.8, 4) is 67.7 Å². The van der Waals surface area contributed by atoms with Crippen LogP contribution in [0.3, 0.4) is 0 Å². The van der Waals surface area contributed by atoms with Crippen LogP contribution in [0.25, 0.3) is 144 Å². The van der Waals surface area contributed by atoms with E-state index in [0.29, 0.717) is 17.5 Å². The summed E-state index contributed by atoms with van der Waals surface area (Å²) in [6.07, 6.45) is 0. The Bertz CT molecular complexity index is 4320. The molecule has 0 atom stereocenters. The quantitative estimate of drug-likeness (QED) is 0.156. The summed E-state index contributed by atoms with van der Waals surface area (Å²) in [6.45, 7) is 0. The molecule has 0 spiro atoms. The number of benzene rings is 11. The second-order valence-electron chi connectivity index (χ2n) is 17.7. The summed E-state index contributed by atoms with van der Waals surface area (Å²) in [5, 5.41) is 12.8. The smallest absolute Gasteiger partial charge is 0.164 e. The number of para-hydroxylation sites is 2. The van der Waals surface area contributed by atoms with Crippen LogP contribution >= 0.6 is 0 Å². The molecule has 0 radical (unpaired) electrons. The standard InChI is InChI=1S/C64H38N4O/c1-3-16-39(17-4-1)40-30-32-42(33-31-40)63-66-62(41-18-5-2-6-19-41)67-64(68-63)45-21-15-20-44(36-45)61-54-38-57-60(52-27-12-14-29-56(52)69-57)58(59(54)51-26-11-13-28-55(51)65-61)43-34-35-50-48-24-8-7-22-46(48)47-23-9-10-25-49(47)53(50)37-43/h1-38H. The van der Waals surface area contributed by atoms with Gasteiger partial charge in [-0.1, -0.05) is 200 Å². The lowest BCUT2D eigenvalue weighted by Crippen LogP contribution is -2.00. The highest BCUT2D eigenvalue weighted by Gasteiger charge is 2.23. The van der Waals surface area contributed by atoms with Crippen LogP contribution in [0.15, 0.2) is 235 Å². The van der Waals surface area contributed by atoms with E-state index in [0.717, 1.165) is 93.8 Å². The molecule has 0 saturated heterocycles. The van der Waals surface area contributed by atoms with Crippen molar-refractivity contribution in [2.45, 2.75) is 0 Å². The number of pyridine rings is 1. The van der Waals surface area contributed by atoms with Crippen LogP contribution in [0.4, 0.5) is 0 Å². The van der Waals surface area contributed by atoms with Crippen molar-refractivity contribution in [2.75, 3.05) is 0 Å². The van der Waals surface area contributed by atoms with E-state index in [-0.39, 0.29) is 0 Å². The minimum Gasteiger partial charge on any atom is -0.456 e. The summed E-state index contributed by atoms with van der Waals surface area (Å²) in [5.74, 6) is 1.79. The topological polar surface area (TPSA) is 64.7 Å². The van der Waals surface area contributed by atoms with Gasteiger partial charge in [0.15, 0.2) is 17.5 Å². The van der Waals surface area contributed by atoms with E-state index in [1.807, 2.05) is 42.5 Å². The second kappa shape index (κ2) is 15.7. The summed E-state index contributed by atoms with van der Waals surface area (Å²) in [6, 6.07) is 81.0. The molecule has 3 heterocycles. The molecule has 0 amide bonds. The molecule has 0 saturated carbocycles. The second-order valence-corrected chi connectivity index (χ2v) is 17.7. The van der Waals surface area contributed by atoms with Gasteiger partial charge in [0, 0.05) is 54.7 Å². The first-order valence-electron chi connectivity index (χ1n) is 23.3. The Kier molecular flexibility index (Phi) is 8.83. The zero-order valence-electron chi connectivity index (χ0n) is 37.1. The number of rotatable bonds is 6.